The maximum atomic E-state index is 14.9. The largest absolute Gasteiger partial charge is 0.321 e. The van der Waals surface area contributed by atoms with E-state index in [1.165, 1.54) is 6.20 Å². The lowest BCUT2D eigenvalue weighted by Gasteiger charge is -2.37. The number of anilines is 2. The van der Waals surface area contributed by atoms with E-state index in [2.05, 4.69) is 85.3 Å². The second kappa shape index (κ2) is 10.3. The average molecular weight is 518 g/mol. The van der Waals surface area contributed by atoms with Crippen LogP contribution in [0.2, 0.25) is 0 Å². The Labute approximate surface area is 223 Å². The van der Waals surface area contributed by atoms with Crippen molar-refractivity contribution in [1.29, 1.82) is 0 Å². The summed E-state index contributed by atoms with van der Waals surface area (Å²) in [6, 6.07) is 6.16. The number of likely N-dealkylation sites (N-methyl/N-ethyl adjacent to an activating group) is 1. The van der Waals surface area contributed by atoms with E-state index in [-0.39, 0.29) is 23.2 Å². The monoisotopic (exact) mass is 517 g/mol. The Balaban J connectivity index is 1.35. The highest BCUT2D eigenvalue weighted by Gasteiger charge is 2.23. The molecule has 200 valence electrons. The Hall–Kier alpha value is -3.50. The van der Waals surface area contributed by atoms with Gasteiger partial charge in [0.1, 0.15) is 17.3 Å². The summed E-state index contributed by atoms with van der Waals surface area (Å²) < 4.78 is 17.0. The number of halogens is 1. The Kier molecular flexibility index (Phi) is 7.11. The molecule has 1 aliphatic rings. The highest BCUT2D eigenvalue weighted by atomic mass is 19.1. The van der Waals surface area contributed by atoms with Crippen LogP contribution >= 0.6 is 0 Å². The molecule has 0 spiro atoms. The first kappa shape index (κ1) is 26.1. The van der Waals surface area contributed by atoms with E-state index in [9.17, 15) is 4.39 Å². The van der Waals surface area contributed by atoms with Crippen LogP contribution in [0, 0.1) is 12.7 Å². The van der Waals surface area contributed by atoms with Crippen molar-refractivity contribution in [3.8, 4) is 11.3 Å². The summed E-state index contributed by atoms with van der Waals surface area (Å²) in [5, 5.41) is 3.12. The number of fused-ring (bicyclic) bond motifs is 1. The lowest BCUT2D eigenvalue weighted by molar-refractivity contribution is 0.106. The lowest BCUT2D eigenvalue weighted by atomic mass is 10.1. The van der Waals surface area contributed by atoms with E-state index in [0.29, 0.717) is 17.0 Å². The maximum absolute atomic E-state index is 14.9. The van der Waals surface area contributed by atoms with Gasteiger partial charge in [0.2, 0.25) is 5.95 Å². The Morgan fingerprint density at radius 3 is 2.42 bits per heavy atom. The third kappa shape index (κ3) is 5.23. The SMILES string of the molecule is CCN1CCN(C(C)c2ccc(Nc3ncc(F)c(-c4cnc5nc(C)n(C(C)(C)C)c5c4)n3)nc2)CC1. The number of rotatable bonds is 6. The number of nitrogens with one attached hydrogen (secondary N) is 1. The maximum Gasteiger partial charge on any atom is 0.229 e. The summed E-state index contributed by atoms with van der Waals surface area (Å²) in [5.41, 5.74) is 3.15. The molecule has 1 unspecified atom stereocenters. The molecule has 1 fully saturated rings. The third-order valence-electron chi connectivity index (χ3n) is 7.28. The van der Waals surface area contributed by atoms with Crippen LogP contribution in [0.4, 0.5) is 16.2 Å². The Morgan fingerprint density at radius 2 is 1.76 bits per heavy atom. The molecule has 10 heteroatoms. The Morgan fingerprint density at radius 1 is 1.00 bits per heavy atom. The first-order chi connectivity index (χ1) is 18.1. The second-order valence-electron chi connectivity index (χ2n) is 10.9. The zero-order chi connectivity index (χ0) is 27.0. The van der Waals surface area contributed by atoms with E-state index in [4.69, 9.17) is 0 Å². The number of imidazole rings is 1. The highest BCUT2D eigenvalue weighted by molar-refractivity contribution is 5.78. The minimum absolute atomic E-state index is 0.174. The van der Waals surface area contributed by atoms with Crippen molar-refractivity contribution in [2.24, 2.45) is 0 Å². The van der Waals surface area contributed by atoms with E-state index in [0.717, 1.165) is 49.6 Å². The molecule has 1 atom stereocenters. The van der Waals surface area contributed by atoms with Gasteiger partial charge in [-0.15, -0.1) is 0 Å². The van der Waals surface area contributed by atoms with E-state index >= 15 is 0 Å². The summed E-state index contributed by atoms with van der Waals surface area (Å²) in [4.78, 5) is 27.2. The predicted octanol–water partition coefficient (Wildman–Crippen LogP) is 4.93. The van der Waals surface area contributed by atoms with Crippen molar-refractivity contribution in [2.45, 2.75) is 53.1 Å². The van der Waals surface area contributed by atoms with Gasteiger partial charge in [0.05, 0.1) is 11.7 Å². The topological polar surface area (TPSA) is 87.9 Å². The van der Waals surface area contributed by atoms with Gasteiger partial charge in [-0.2, -0.15) is 0 Å². The summed E-state index contributed by atoms with van der Waals surface area (Å²) in [6.45, 7) is 18.1. The van der Waals surface area contributed by atoms with Gasteiger partial charge in [-0.05, 0) is 58.9 Å². The number of aryl methyl sites for hydroxylation is 1. The molecule has 0 saturated carbocycles. The molecule has 0 aliphatic carbocycles. The quantitative estimate of drug-likeness (QED) is 0.385. The molecule has 0 amide bonds. The van der Waals surface area contributed by atoms with Crippen molar-refractivity contribution in [1.82, 2.24) is 39.3 Å². The standard InChI is InChI=1S/C28H36FN9/c1-7-36-10-12-37(13-11-36)18(2)20-8-9-24(30-15-20)34-27-32-17-22(29)25(35-27)21-14-23-26(31-16-21)33-19(3)38(23)28(4,5)6/h8-9,14-18H,7,10-13H2,1-6H3,(H,30,32,34,35). The van der Waals surface area contributed by atoms with Crippen molar-refractivity contribution in [3.63, 3.8) is 0 Å². The fourth-order valence-electron chi connectivity index (χ4n) is 5.20. The minimum atomic E-state index is -0.518. The van der Waals surface area contributed by atoms with Gasteiger partial charge in [0, 0.05) is 55.7 Å². The van der Waals surface area contributed by atoms with Crippen molar-refractivity contribution < 1.29 is 4.39 Å². The van der Waals surface area contributed by atoms with Crippen LogP contribution in [0.3, 0.4) is 0 Å². The zero-order valence-corrected chi connectivity index (χ0v) is 23.0. The molecule has 1 N–H and O–H groups in total. The summed E-state index contributed by atoms with van der Waals surface area (Å²) >= 11 is 0. The van der Waals surface area contributed by atoms with Crippen molar-refractivity contribution in [2.75, 3.05) is 38.0 Å². The van der Waals surface area contributed by atoms with Gasteiger partial charge in [0.25, 0.3) is 0 Å². The van der Waals surface area contributed by atoms with Gasteiger partial charge in [-0.25, -0.2) is 29.3 Å². The molecule has 0 aromatic carbocycles. The van der Waals surface area contributed by atoms with E-state index < -0.39 is 5.82 Å². The predicted molar refractivity (Wildman–Crippen MR) is 148 cm³/mol. The summed E-state index contributed by atoms with van der Waals surface area (Å²) in [5.74, 6) is 1.21. The molecule has 5 rings (SSSR count). The van der Waals surface area contributed by atoms with Crippen LogP contribution in [-0.2, 0) is 5.54 Å². The fraction of sp³-hybridized carbons (Fsp3) is 0.464. The summed E-state index contributed by atoms with van der Waals surface area (Å²) in [7, 11) is 0. The van der Waals surface area contributed by atoms with Crippen LogP contribution in [0.15, 0.2) is 36.8 Å². The van der Waals surface area contributed by atoms with E-state index in [1.807, 2.05) is 25.3 Å². The normalized spacial score (nSPS) is 16.2. The van der Waals surface area contributed by atoms with Gasteiger partial charge < -0.3 is 14.8 Å². The lowest BCUT2D eigenvalue weighted by Crippen LogP contribution is -2.46. The zero-order valence-electron chi connectivity index (χ0n) is 23.0. The number of hydrogen-bond donors (Lipinski definition) is 1. The van der Waals surface area contributed by atoms with Crippen LogP contribution in [-0.4, -0.2) is 72.0 Å². The van der Waals surface area contributed by atoms with Crippen LogP contribution in [0.5, 0.6) is 0 Å². The number of aromatic nitrogens is 6. The van der Waals surface area contributed by atoms with Gasteiger partial charge in [-0.1, -0.05) is 13.0 Å². The van der Waals surface area contributed by atoms with Crippen LogP contribution in [0.1, 0.15) is 52.0 Å². The molecule has 9 nitrogen and oxygen atoms in total. The van der Waals surface area contributed by atoms with Gasteiger partial charge in [-0.3, -0.25) is 4.90 Å². The van der Waals surface area contributed by atoms with Gasteiger partial charge in [0.15, 0.2) is 11.5 Å². The molecular formula is C28H36FN9. The number of piperazine rings is 1. The van der Waals surface area contributed by atoms with Crippen molar-refractivity contribution in [3.05, 3.63) is 54.0 Å². The van der Waals surface area contributed by atoms with Crippen LogP contribution < -0.4 is 5.32 Å². The molecule has 1 aliphatic heterocycles. The van der Waals surface area contributed by atoms with E-state index in [1.54, 1.807) is 6.20 Å². The number of nitrogens with zero attached hydrogens (tertiary/aromatic N) is 8. The van der Waals surface area contributed by atoms with Crippen molar-refractivity contribution >= 4 is 22.9 Å². The first-order valence-electron chi connectivity index (χ1n) is 13.2. The fourth-order valence-corrected chi connectivity index (χ4v) is 5.20. The third-order valence-corrected chi connectivity index (χ3v) is 7.28. The first-order valence-corrected chi connectivity index (χ1v) is 13.2. The average Bonchev–Trinajstić information content (AvgIpc) is 3.25. The molecule has 38 heavy (non-hydrogen) atoms. The summed E-state index contributed by atoms with van der Waals surface area (Å²) in [6.07, 6.45) is 4.66. The highest BCUT2D eigenvalue weighted by Crippen LogP contribution is 2.29. The molecule has 0 bridgehead atoms. The molecule has 1 saturated heterocycles. The molecular weight excluding hydrogens is 481 g/mol. The Bertz CT molecular complexity index is 1420. The number of hydrogen-bond acceptors (Lipinski definition) is 8. The molecule has 0 radical (unpaired) electrons. The molecule has 4 aromatic heterocycles. The second-order valence-corrected chi connectivity index (χ2v) is 10.9. The van der Waals surface area contributed by atoms with Gasteiger partial charge >= 0.3 is 0 Å². The minimum Gasteiger partial charge on any atom is -0.321 e. The number of pyridine rings is 2. The van der Waals surface area contributed by atoms with Crippen LogP contribution in [0.25, 0.3) is 22.4 Å². The molecule has 4 aromatic rings. The smallest absolute Gasteiger partial charge is 0.229 e. The molecule has 5 heterocycles.